The van der Waals surface area contributed by atoms with Gasteiger partial charge in [-0.25, -0.2) is 8.78 Å². The Kier molecular flexibility index (Phi) is 3.58. The fourth-order valence-corrected chi connectivity index (χ4v) is 1.33. The quantitative estimate of drug-likeness (QED) is 0.761. The van der Waals surface area contributed by atoms with Gasteiger partial charge in [-0.3, -0.25) is 0 Å². The lowest BCUT2D eigenvalue weighted by Crippen LogP contribution is -2.27. The van der Waals surface area contributed by atoms with E-state index in [1.54, 1.807) is 6.08 Å². The molecule has 3 heteroatoms. The first-order valence-corrected chi connectivity index (χ1v) is 4.78. The summed E-state index contributed by atoms with van der Waals surface area (Å²) < 4.78 is 26.0. The number of hydrogen-bond acceptors (Lipinski definition) is 1. The van der Waals surface area contributed by atoms with Gasteiger partial charge in [0, 0.05) is 18.0 Å². The third-order valence-electron chi connectivity index (χ3n) is 2.57. The molecular formula is C12H15F2N. The minimum absolute atomic E-state index is 0.349. The fraction of sp³-hybridized carbons (Fsp3) is 0.333. The zero-order valence-corrected chi connectivity index (χ0v) is 8.76. The van der Waals surface area contributed by atoms with Crippen molar-refractivity contribution in [1.82, 2.24) is 0 Å². The van der Waals surface area contributed by atoms with Gasteiger partial charge in [0.2, 0.25) is 0 Å². The molecule has 0 aliphatic heterocycles. The molecule has 0 saturated carbocycles. The first-order valence-electron chi connectivity index (χ1n) is 4.78. The van der Waals surface area contributed by atoms with Crippen LogP contribution in [-0.4, -0.2) is 6.54 Å². The highest BCUT2D eigenvalue weighted by Crippen LogP contribution is 2.24. The molecule has 0 radical (unpaired) electrons. The average Bonchev–Trinajstić information content (AvgIpc) is 2.22. The van der Waals surface area contributed by atoms with Crippen LogP contribution in [-0.2, 0) is 6.42 Å². The van der Waals surface area contributed by atoms with E-state index >= 15 is 0 Å². The number of hydrogen-bond donors (Lipinski definition) is 1. The topological polar surface area (TPSA) is 26.0 Å². The average molecular weight is 211 g/mol. The largest absolute Gasteiger partial charge is 0.330 e. The van der Waals surface area contributed by atoms with Gasteiger partial charge in [0.05, 0.1) is 0 Å². The van der Waals surface area contributed by atoms with Crippen LogP contribution >= 0.6 is 0 Å². The Morgan fingerprint density at radius 2 is 2.13 bits per heavy atom. The van der Waals surface area contributed by atoms with Crippen molar-refractivity contribution >= 4 is 0 Å². The van der Waals surface area contributed by atoms with Gasteiger partial charge in [-0.15, -0.1) is 6.58 Å². The molecule has 0 amide bonds. The molecule has 0 bridgehead atoms. The van der Waals surface area contributed by atoms with Gasteiger partial charge in [0.15, 0.2) is 0 Å². The standard InChI is InChI=1S/C12H15F2N/c1-3-12(2,8-15)7-9-4-5-10(13)6-11(9)14/h3-6H,1,7-8,15H2,2H3. The molecule has 0 saturated heterocycles. The summed E-state index contributed by atoms with van der Waals surface area (Å²) in [5, 5.41) is 0. The van der Waals surface area contributed by atoms with Gasteiger partial charge < -0.3 is 5.73 Å². The smallest absolute Gasteiger partial charge is 0.129 e. The summed E-state index contributed by atoms with van der Waals surface area (Å²) >= 11 is 0. The Morgan fingerprint density at radius 3 is 2.60 bits per heavy atom. The molecule has 0 aromatic heterocycles. The Morgan fingerprint density at radius 1 is 1.47 bits per heavy atom. The Balaban J connectivity index is 2.94. The molecule has 0 aliphatic carbocycles. The Bertz CT molecular complexity index is 363. The zero-order valence-electron chi connectivity index (χ0n) is 8.76. The summed E-state index contributed by atoms with van der Waals surface area (Å²) in [7, 11) is 0. The minimum atomic E-state index is -0.565. The Labute approximate surface area is 88.6 Å². The number of rotatable bonds is 4. The van der Waals surface area contributed by atoms with Crippen LogP contribution in [0.4, 0.5) is 8.78 Å². The highest BCUT2D eigenvalue weighted by Gasteiger charge is 2.20. The van der Waals surface area contributed by atoms with Crippen LogP contribution in [0.25, 0.3) is 0 Å². The Hall–Kier alpha value is -1.22. The van der Waals surface area contributed by atoms with E-state index in [9.17, 15) is 8.78 Å². The second-order valence-corrected chi connectivity index (χ2v) is 3.97. The third kappa shape index (κ3) is 2.86. The molecule has 2 N–H and O–H groups in total. The van der Waals surface area contributed by atoms with Crippen molar-refractivity contribution in [3.8, 4) is 0 Å². The second kappa shape index (κ2) is 4.53. The fourth-order valence-electron chi connectivity index (χ4n) is 1.33. The lowest BCUT2D eigenvalue weighted by atomic mass is 9.84. The lowest BCUT2D eigenvalue weighted by Gasteiger charge is -2.23. The predicted molar refractivity (Wildman–Crippen MR) is 57.4 cm³/mol. The van der Waals surface area contributed by atoms with Crippen LogP contribution in [0.1, 0.15) is 12.5 Å². The molecule has 1 atom stereocenters. The van der Waals surface area contributed by atoms with Gasteiger partial charge in [-0.05, 0) is 18.1 Å². The van der Waals surface area contributed by atoms with Crippen molar-refractivity contribution in [3.05, 3.63) is 48.1 Å². The molecule has 1 nitrogen and oxygen atoms in total. The van der Waals surface area contributed by atoms with E-state index in [1.807, 2.05) is 6.92 Å². The lowest BCUT2D eigenvalue weighted by molar-refractivity contribution is 0.427. The molecule has 1 rings (SSSR count). The molecule has 0 aliphatic rings. The van der Waals surface area contributed by atoms with E-state index in [0.29, 0.717) is 18.5 Å². The van der Waals surface area contributed by atoms with E-state index in [2.05, 4.69) is 6.58 Å². The van der Waals surface area contributed by atoms with Gasteiger partial charge in [0.1, 0.15) is 11.6 Å². The van der Waals surface area contributed by atoms with E-state index in [0.717, 1.165) is 6.07 Å². The van der Waals surface area contributed by atoms with Gasteiger partial charge in [0.25, 0.3) is 0 Å². The molecule has 1 unspecified atom stereocenters. The van der Waals surface area contributed by atoms with Crippen LogP contribution in [0.3, 0.4) is 0 Å². The minimum Gasteiger partial charge on any atom is -0.330 e. The number of benzene rings is 1. The van der Waals surface area contributed by atoms with Crippen LogP contribution < -0.4 is 5.73 Å². The molecule has 82 valence electrons. The van der Waals surface area contributed by atoms with Crippen LogP contribution in [0.15, 0.2) is 30.9 Å². The van der Waals surface area contributed by atoms with Crippen LogP contribution in [0, 0.1) is 17.0 Å². The van der Waals surface area contributed by atoms with Crippen LogP contribution in [0.5, 0.6) is 0 Å². The molecular weight excluding hydrogens is 196 g/mol. The van der Waals surface area contributed by atoms with Crippen molar-refractivity contribution in [2.75, 3.05) is 6.54 Å². The van der Waals surface area contributed by atoms with Gasteiger partial charge >= 0.3 is 0 Å². The van der Waals surface area contributed by atoms with Gasteiger partial charge in [-0.1, -0.05) is 19.1 Å². The molecule has 0 heterocycles. The summed E-state index contributed by atoms with van der Waals surface area (Å²) in [6.45, 7) is 5.94. The highest BCUT2D eigenvalue weighted by atomic mass is 19.1. The predicted octanol–water partition coefficient (Wildman–Crippen LogP) is 2.66. The highest BCUT2D eigenvalue weighted by molar-refractivity contribution is 5.21. The number of nitrogens with two attached hydrogens (primary N) is 1. The maximum atomic E-state index is 13.3. The van der Waals surface area contributed by atoms with E-state index in [-0.39, 0.29) is 5.41 Å². The molecule has 0 fully saturated rings. The summed E-state index contributed by atoms with van der Waals surface area (Å²) in [6, 6.07) is 3.58. The maximum absolute atomic E-state index is 13.3. The summed E-state index contributed by atoms with van der Waals surface area (Å²) in [4.78, 5) is 0. The summed E-state index contributed by atoms with van der Waals surface area (Å²) in [6.07, 6.45) is 2.13. The molecule has 1 aromatic carbocycles. The van der Waals surface area contributed by atoms with Crippen molar-refractivity contribution in [2.24, 2.45) is 11.1 Å². The van der Waals surface area contributed by atoms with E-state index in [1.165, 1.54) is 12.1 Å². The monoisotopic (exact) mass is 211 g/mol. The van der Waals surface area contributed by atoms with Crippen molar-refractivity contribution in [2.45, 2.75) is 13.3 Å². The van der Waals surface area contributed by atoms with Gasteiger partial charge in [-0.2, -0.15) is 0 Å². The molecule has 15 heavy (non-hydrogen) atoms. The maximum Gasteiger partial charge on any atom is 0.129 e. The summed E-state index contributed by atoms with van der Waals surface area (Å²) in [5.41, 5.74) is 5.69. The molecule has 1 aromatic rings. The van der Waals surface area contributed by atoms with Crippen molar-refractivity contribution in [1.29, 1.82) is 0 Å². The number of halogens is 2. The van der Waals surface area contributed by atoms with E-state index in [4.69, 9.17) is 5.73 Å². The second-order valence-electron chi connectivity index (χ2n) is 3.97. The van der Waals surface area contributed by atoms with Crippen molar-refractivity contribution < 1.29 is 8.78 Å². The van der Waals surface area contributed by atoms with Crippen LogP contribution in [0.2, 0.25) is 0 Å². The molecule has 0 spiro atoms. The zero-order chi connectivity index (χ0) is 11.5. The third-order valence-corrected chi connectivity index (χ3v) is 2.57. The first-order chi connectivity index (χ1) is 7.00. The van der Waals surface area contributed by atoms with E-state index < -0.39 is 11.6 Å². The summed E-state index contributed by atoms with van der Waals surface area (Å²) in [5.74, 6) is -1.10. The van der Waals surface area contributed by atoms with Crippen molar-refractivity contribution in [3.63, 3.8) is 0 Å². The SMILES string of the molecule is C=CC(C)(CN)Cc1ccc(F)cc1F. The normalized spacial score (nSPS) is 14.7. The first kappa shape index (κ1) is 11.9.